The van der Waals surface area contributed by atoms with E-state index >= 15 is 0 Å². The van der Waals surface area contributed by atoms with Gasteiger partial charge in [0.05, 0.1) is 6.61 Å². The van der Waals surface area contributed by atoms with Crippen molar-refractivity contribution in [2.75, 3.05) is 27.4 Å². The first-order valence-corrected chi connectivity index (χ1v) is 5.13. The fourth-order valence-electron chi connectivity index (χ4n) is 1.31. The maximum atomic E-state index is 10.6. The van der Waals surface area contributed by atoms with Crippen molar-refractivity contribution in [1.29, 1.82) is 0 Å². The Hall–Kier alpha value is -0.730. The number of methoxy groups -OCH3 is 2. The van der Waals surface area contributed by atoms with E-state index in [2.05, 4.69) is 9.47 Å². The molecule has 0 aromatic rings. The van der Waals surface area contributed by atoms with Crippen molar-refractivity contribution in [2.45, 2.75) is 31.3 Å². The zero-order valence-corrected chi connectivity index (χ0v) is 10.2. The largest absolute Gasteiger partial charge is 0.463 e. The van der Waals surface area contributed by atoms with Crippen LogP contribution >= 0.6 is 0 Å². The summed E-state index contributed by atoms with van der Waals surface area (Å²) in [5.74, 6) is -0.550. The number of hydrogen-bond acceptors (Lipinski definition) is 7. The number of hydrogen-bond donors (Lipinski definition) is 3. The molecule has 0 rings (SSSR count). The van der Waals surface area contributed by atoms with Gasteiger partial charge in [0, 0.05) is 21.1 Å². The minimum atomic E-state index is -1.34. The summed E-state index contributed by atoms with van der Waals surface area (Å²) in [6.07, 6.45) is -4.84. The fourth-order valence-corrected chi connectivity index (χ4v) is 1.31. The molecule has 0 spiro atoms. The third-order valence-electron chi connectivity index (χ3n) is 2.18. The summed E-state index contributed by atoms with van der Waals surface area (Å²) >= 11 is 0. The molecule has 0 heterocycles. The molecule has 0 saturated carbocycles. The van der Waals surface area contributed by atoms with Gasteiger partial charge in [0.25, 0.3) is 0 Å². The van der Waals surface area contributed by atoms with Crippen molar-refractivity contribution in [3.8, 4) is 0 Å². The van der Waals surface area contributed by atoms with Gasteiger partial charge in [-0.2, -0.15) is 0 Å². The number of carbonyl (C=O) groups excluding carboxylic acids is 1. The predicted molar refractivity (Wildman–Crippen MR) is 57.3 cm³/mol. The third kappa shape index (κ3) is 5.94. The molecule has 0 unspecified atom stereocenters. The number of rotatable bonds is 8. The van der Waals surface area contributed by atoms with Crippen LogP contribution in [0, 0.1) is 0 Å². The molecule has 0 aromatic carbocycles. The van der Waals surface area contributed by atoms with E-state index in [1.165, 1.54) is 21.1 Å². The van der Waals surface area contributed by atoms with E-state index in [1.54, 1.807) is 0 Å². The molecule has 102 valence electrons. The van der Waals surface area contributed by atoms with E-state index in [0.29, 0.717) is 0 Å². The summed E-state index contributed by atoms with van der Waals surface area (Å²) in [5, 5.41) is 28.8. The van der Waals surface area contributed by atoms with E-state index in [-0.39, 0.29) is 13.2 Å². The van der Waals surface area contributed by atoms with E-state index in [1.807, 2.05) is 0 Å². The van der Waals surface area contributed by atoms with Crippen molar-refractivity contribution in [3.05, 3.63) is 0 Å². The summed E-state index contributed by atoms with van der Waals surface area (Å²) in [6.45, 7) is 0.788. The summed E-state index contributed by atoms with van der Waals surface area (Å²) in [6, 6.07) is 0. The first kappa shape index (κ1) is 16.3. The first-order valence-electron chi connectivity index (χ1n) is 5.13. The normalized spacial score (nSPS) is 18.2. The Bertz CT molecular complexity index is 221. The minimum Gasteiger partial charge on any atom is -0.463 e. The molecule has 0 aliphatic rings. The van der Waals surface area contributed by atoms with Gasteiger partial charge >= 0.3 is 5.97 Å². The molecule has 7 heteroatoms. The smallest absolute Gasteiger partial charge is 0.302 e. The van der Waals surface area contributed by atoms with E-state index in [9.17, 15) is 20.1 Å². The lowest BCUT2D eigenvalue weighted by molar-refractivity contribution is -0.159. The van der Waals surface area contributed by atoms with Crippen LogP contribution in [0.15, 0.2) is 0 Å². The van der Waals surface area contributed by atoms with Crippen LogP contribution in [-0.2, 0) is 19.0 Å². The van der Waals surface area contributed by atoms with Crippen LogP contribution in [0.2, 0.25) is 0 Å². The van der Waals surface area contributed by atoms with Gasteiger partial charge in [0.15, 0.2) is 0 Å². The maximum absolute atomic E-state index is 10.6. The van der Waals surface area contributed by atoms with Gasteiger partial charge in [-0.05, 0) is 0 Å². The van der Waals surface area contributed by atoms with Crippen molar-refractivity contribution < 1.29 is 34.3 Å². The molecule has 0 bridgehead atoms. The molecule has 4 atom stereocenters. The van der Waals surface area contributed by atoms with Gasteiger partial charge in [0.2, 0.25) is 0 Å². The lowest BCUT2D eigenvalue weighted by Crippen LogP contribution is -2.48. The Morgan fingerprint density at radius 3 is 2.12 bits per heavy atom. The maximum Gasteiger partial charge on any atom is 0.302 e. The van der Waals surface area contributed by atoms with Crippen LogP contribution in [0.25, 0.3) is 0 Å². The minimum absolute atomic E-state index is 0.0959. The molecular weight excluding hydrogens is 232 g/mol. The second-order valence-electron chi connectivity index (χ2n) is 3.58. The van der Waals surface area contributed by atoms with Gasteiger partial charge in [-0.1, -0.05) is 0 Å². The third-order valence-corrected chi connectivity index (χ3v) is 2.18. The van der Waals surface area contributed by atoms with Gasteiger partial charge in [-0.3, -0.25) is 4.79 Å². The van der Waals surface area contributed by atoms with Crippen molar-refractivity contribution in [1.82, 2.24) is 0 Å². The Kier molecular flexibility index (Phi) is 8.01. The highest BCUT2D eigenvalue weighted by Crippen LogP contribution is 2.09. The predicted octanol–water partition coefficient (Wildman–Crippen LogP) is -1.71. The summed E-state index contributed by atoms with van der Waals surface area (Å²) in [4.78, 5) is 10.6. The molecule has 7 nitrogen and oxygen atoms in total. The average molecular weight is 252 g/mol. The van der Waals surface area contributed by atoms with E-state index in [4.69, 9.17) is 4.74 Å². The van der Waals surface area contributed by atoms with Crippen LogP contribution in [-0.4, -0.2) is 73.1 Å². The van der Waals surface area contributed by atoms with Crippen molar-refractivity contribution >= 4 is 5.97 Å². The summed E-state index contributed by atoms with van der Waals surface area (Å²) < 4.78 is 14.1. The zero-order valence-electron chi connectivity index (χ0n) is 10.2. The summed E-state index contributed by atoms with van der Waals surface area (Å²) in [5.41, 5.74) is 0. The lowest BCUT2D eigenvalue weighted by Gasteiger charge is -2.28. The Morgan fingerprint density at radius 1 is 1.12 bits per heavy atom. The molecule has 0 saturated heterocycles. The van der Waals surface area contributed by atoms with Crippen LogP contribution in [0.3, 0.4) is 0 Å². The Morgan fingerprint density at radius 2 is 1.71 bits per heavy atom. The van der Waals surface area contributed by atoms with Crippen LogP contribution in [0.1, 0.15) is 6.92 Å². The van der Waals surface area contributed by atoms with Crippen molar-refractivity contribution in [2.24, 2.45) is 0 Å². The van der Waals surface area contributed by atoms with Gasteiger partial charge in [-0.25, -0.2) is 0 Å². The standard InChI is InChI=1S/C10H20O7/c1-6(11)17-5-8(13)10(16-3)9(14)7(12)4-15-2/h7-10,12-14H,4-5H2,1-3H3/t7-,8+,9-,10-/m1/s1. The number of carbonyl (C=O) groups is 1. The second-order valence-corrected chi connectivity index (χ2v) is 3.58. The number of ether oxygens (including phenoxy) is 3. The fraction of sp³-hybridized carbons (Fsp3) is 0.900. The topological polar surface area (TPSA) is 105 Å². The lowest BCUT2D eigenvalue weighted by atomic mass is 10.0. The highest BCUT2D eigenvalue weighted by molar-refractivity contribution is 5.65. The Balaban J connectivity index is 4.32. The van der Waals surface area contributed by atoms with E-state index in [0.717, 1.165) is 0 Å². The average Bonchev–Trinajstić information content (AvgIpc) is 2.27. The van der Waals surface area contributed by atoms with Gasteiger partial charge in [0.1, 0.15) is 31.0 Å². The van der Waals surface area contributed by atoms with Crippen molar-refractivity contribution in [3.63, 3.8) is 0 Å². The Labute approximate surface area is 99.9 Å². The molecular formula is C10H20O7. The quantitative estimate of drug-likeness (QED) is 0.442. The molecule has 3 N–H and O–H groups in total. The molecule has 17 heavy (non-hydrogen) atoms. The molecule has 0 amide bonds. The SMILES string of the molecule is COC[C@@H](O)[C@@H](O)[C@H](OC)[C@@H](O)COC(C)=O. The number of esters is 1. The zero-order chi connectivity index (χ0) is 13.4. The molecule has 0 fully saturated rings. The highest BCUT2D eigenvalue weighted by atomic mass is 16.6. The molecule has 0 aromatic heterocycles. The van der Waals surface area contributed by atoms with E-state index < -0.39 is 30.4 Å². The number of aliphatic hydroxyl groups excluding tert-OH is 3. The molecule has 0 radical (unpaired) electrons. The molecule has 0 aliphatic carbocycles. The monoisotopic (exact) mass is 252 g/mol. The van der Waals surface area contributed by atoms with Crippen LogP contribution in [0.4, 0.5) is 0 Å². The summed E-state index contributed by atoms with van der Waals surface area (Å²) in [7, 11) is 2.64. The van der Waals surface area contributed by atoms with Gasteiger partial charge in [-0.15, -0.1) is 0 Å². The highest BCUT2D eigenvalue weighted by Gasteiger charge is 2.32. The van der Waals surface area contributed by atoms with Crippen LogP contribution < -0.4 is 0 Å². The number of aliphatic hydroxyl groups is 3. The van der Waals surface area contributed by atoms with Gasteiger partial charge < -0.3 is 29.5 Å². The van der Waals surface area contributed by atoms with Crippen LogP contribution in [0.5, 0.6) is 0 Å². The molecule has 0 aliphatic heterocycles. The first-order chi connectivity index (χ1) is 7.93. The second kappa shape index (κ2) is 8.37.